The van der Waals surface area contributed by atoms with Crippen molar-refractivity contribution < 1.29 is 17.6 Å². The van der Waals surface area contributed by atoms with Crippen LogP contribution in [0.2, 0.25) is 5.02 Å². The Morgan fingerprint density at radius 1 is 1.16 bits per heavy atom. The molecular weight excluding hydrogens is 387 g/mol. The van der Waals surface area contributed by atoms with Gasteiger partial charge in [-0.25, -0.2) is 12.8 Å². The first kappa shape index (κ1) is 18.3. The number of halogens is 2. The van der Waals surface area contributed by atoms with Crippen molar-refractivity contribution in [3.8, 4) is 0 Å². The molecule has 0 bridgehead atoms. The molecule has 0 spiro atoms. The highest BCUT2D eigenvalue weighted by Gasteiger charge is 2.32. The van der Waals surface area contributed by atoms with Crippen molar-refractivity contribution in [3.05, 3.63) is 50.9 Å². The zero-order valence-electron chi connectivity index (χ0n) is 13.4. The molecule has 25 heavy (non-hydrogen) atoms. The molecule has 2 aromatic rings. The monoisotopic (exact) mass is 402 g/mol. The van der Waals surface area contributed by atoms with Gasteiger partial charge in [-0.1, -0.05) is 11.6 Å². The van der Waals surface area contributed by atoms with Crippen molar-refractivity contribution in [2.45, 2.75) is 11.8 Å². The Balaban J connectivity index is 1.72. The van der Waals surface area contributed by atoms with E-state index in [0.29, 0.717) is 18.0 Å². The molecule has 5 nitrogen and oxygen atoms in total. The van der Waals surface area contributed by atoms with Crippen LogP contribution in [-0.4, -0.2) is 49.7 Å². The van der Waals surface area contributed by atoms with E-state index in [1.807, 2.05) is 13.0 Å². The van der Waals surface area contributed by atoms with Crippen LogP contribution in [0, 0.1) is 12.7 Å². The standard InChI is InChI=1S/C16H16ClFN2O3S2/c1-11-2-4-14(24-11)16(21)19-6-8-20(9-7-19)25(22,23)15-5-3-12(18)10-13(15)17/h2-5,10H,6-9H2,1H3. The van der Waals surface area contributed by atoms with E-state index in [1.54, 1.807) is 11.0 Å². The van der Waals surface area contributed by atoms with Crippen molar-refractivity contribution >= 4 is 38.9 Å². The lowest BCUT2D eigenvalue weighted by molar-refractivity contribution is 0.0703. The largest absolute Gasteiger partial charge is 0.335 e. The Hall–Kier alpha value is -1.48. The van der Waals surface area contributed by atoms with Crippen LogP contribution in [0.5, 0.6) is 0 Å². The number of hydrogen-bond donors (Lipinski definition) is 0. The summed E-state index contributed by atoms with van der Waals surface area (Å²) in [5, 5.41) is -0.146. The molecule has 1 amide bonds. The summed E-state index contributed by atoms with van der Waals surface area (Å²) in [6.45, 7) is 2.87. The fourth-order valence-electron chi connectivity index (χ4n) is 2.66. The summed E-state index contributed by atoms with van der Waals surface area (Å²) in [6, 6.07) is 6.88. The highest BCUT2D eigenvalue weighted by atomic mass is 35.5. The minimum atomic E-state index is -3.82. The first-order valence-electron chi connectivity index (χ1n) is 7.60. The van der Waals surface area contributed by atoms with Crippen molar-refractivity contribution in [3.63, 3.8) is 0 Å². The van der Waals surface area contributed by atoms with E-state index >= 15 is 0 Å². The highest BCUT2D eigenvalue weighted by molar-refractivity contribution is 7.89. The molecule has 2 heterocycles. The van der Waals surface area contributed by atoms with E-state index in [4.69, 9.17) is 11.6 Å². The van der Waals surface area contributed by atoms with E-state index < -0.39 is 15.8 Å². The highest BCUT2D eigenvalue weighted by Crippen LogP contribution is 2.26. The number of amides is 1. The summed E-state index contributed by atoms with van der Waals surface area (Å²) in [5.74, 6) is -0.680. The fraction of sp³-hybridized carbons (Fsp3) is 0.312. The second kappa shape index (κ2) is 7.03. The molecule has 1 saturated heterocycles. The molecule has 1 aromatic heterocycles. The van der Waals surface area contributed by atoms with Gasteiger partial charge in [0.25, 0.3) is 5.91 Å². The number of hydrogen-bond acceptors (Lipinski definition) is 4. The molecule has 0 saturated carbocycles. The molecule has 0 N–H and O–H groups in total. The number of carbonyl (C=O) groups excluding carboxylic acids is 1. The van der Waals surface area contributed by atoms with Gasteiger partial charge in [-0.05, 0) is 37.3 Å². The minimum absolute atomic E-state index is 0.0880. The van der Waals surface area contributed by atoms with Crippen LogP contribution in [-0.2, 0) is 10.0 Å². The average molecular weight is 403 g/mol. The lowest BCUT2D eigenvalue weighted by Gasteiger charge is -2.33. The smallest absolute Gasteiger partial charge is 0.264 e. The van der Waals surface area contributed by atoms with Gasteiger partial charge in [-0.2, -0.15) is 4.31 Å². The number of piperazine rings is 1. The molecule has 0 unspecified atom stereocenters. The number of thiophene rings is 1. The maximum Gasteiger partial charge on any atom is 0.264 e. The van der Waals surface area contributed by atoms with Crippen LogP contribution in [0.15, 0.2) is 35.2 Å². The van der Waals surface area contributed by atoms with Crippen LogP contribution < -0.4 is 0 Å². The van der Waals surface area contributed by atoms with Crippen LogP contribution in [0.25, 0.3) is 0 Å². The normalized spacial score (nSPS) is 16.2. The molecule has 1 aliphatic heterocycles. The second-order valence-corrected chi connectivity index (χ2v) is 9.28. The fourth-order valence-corrected chi connectivity index (χ4v) is 5.42. The third-order valence-corrected chi connectivity index (χ3v) is 7.36. The van der Waals surface area contributed by atoms with Gasteiger partial charge >= 0.3 is 0 Å². The Labute approximate surface area is 154 Å². The first-order chi connectivity index (χ1) is 11.8. The van der Waals surface area contributed by atoms with Crippen molar-refractivity contribution in [2.75, 3.05) is 26.2 Å². The molecular formula is C16H16ClFN2O3S2. The van der Waals surface area contributed by atoms with Crippen molar-refractivity contribution in [1.29, 1.82) is 0 Å². The summed E-state index contributed by atoms with van der Waals surface area (Å²) in [7, 11) is -3.82. The predicted molar refractivity (Wildman–Crippen MR) is 95.1 cm³/mol. The van der Waals surface area contributed by atoms with Gasteiger partial charge in [0, 0.05) is 31.1 Å². The topological polar surface area (TPSA) is 57.7 Å². The van der Waals surface area contributed by atoms with Gasteiger partial charge in [0.2, 0.25) is 10.0 Å². The third kappa shape index (κ3) is 3.72. The van der Waals surface area contributed by atoms with Gasteiger partial charge in [-0.15, -0.1) is 11.3 Å². The molecule has 1 aliphatic rings. The maximum absolute atomic E-state index is 13.1. The van der Waals surface area contributed by atoms with Gasteiger partial charge in [0.1, 0.15) is 10.7 Å². The first-order valence-corrected chi connectivity index (χ1v) is 10.2. The number of rotatable bonds is 3. The van der Waals surface area contributed by atoms with Gasteiger partial charge in [0.05, 0.1) is 9.90 Å². The lowest BCUT2D eigenvalue weighted by Crippen LogP contribution is -2.50. The number of benzene rings is 1. The number of nitrogens with zero attached hydrogens (tertiary/aromatic N) is 2. The van der Waals surface area contributed by atoms with E-state index in [-0.39, 0.29) is 28.9 Å². The minimum Gasteiger partial charge on any atom is -0.335 e. The molecule has 1 aromatic carbocycles. The van der Waals surface area contributed by atoms with Crippen LogP contribution in [0.4, 0.5) is 4.39 Å². The summed E-state index contributed by atoms with van der Waals surface area (Å²) in [5.41, 5.74) is 0. The number of sulfonamides is 1. The van der Waals surface area contributed by atoms with E-state index in [0.717, 1.165) is 17.0 Å². The quantitative estimate of drug-likeness (QED) is 0.793. The van der Waals surface area contributed by atoms with E-state index in [9.17, 15) is 17.6 Å². The van der Waals surface area contributed by atoms with Gasteiger partial charge in [-0.3, -0.25) is 4.79 Å². The van der Waals surface area contributed by atoms with Gasteiger partial charge in [0.15, 0.2) is 0 Å². The molecule has 9 heteroatoms. The third-order valence-electron chi connectivity index (χ3n) is 3.99. The summed E-state index contributed by atoms with van der Waals surface area (Å²) in [6.07, 6.45) is 0. The molecule has 0 aliphatic carbocycles. The van der Waals surface area contributed by atoms with Crippen molar-refractivity contribution in [2.24, 2.45) is 0 Å². The number of aryl methyl sites for hydroxylation is 1. The zero-order valence-corrected chi connectivity index (χ0v) is 15.8. The maximum atomic E-state index is 13.1. The molecule has 134 valence electrons. The predicted octanol–water partition coefficient (Wildman–Crippen LogP) is 3.00. The molecule has 0 atom stereocenters. The second-order valence-electron chi connectivity index (χ2n) is 5.68. The molecule has 3 rings (SSSR count). The van der Waals surface area contributed by atoms with E-state index in [1.165, 1.54) is 21.7 Å². The Morgan fingerprint density at radius 3 is 2.40 bits per heavy atom. The molecule has 1 fully saturated rings. The molecule has 0 radical (unpaired) electrons. The van der Waals surface area contributed by atoms with Crippen molar-refractivity contribution in [1.82, 2.24) is 9.21 Å². The van der Waals surface area contributed by atoms with Gasteiger partial charge < -0.3 is 4.90 Å². The SMILES string of the molecule is Cc1ccc(C(=O)N2CCN(S(=O)(=O)c3ccc(F)cc3Cl)CC2)s1. The number of carbonyl (C=O) groups is 1. The Morgan fingerprint density at radius 2 is 1.84 bits per heavy atom. The average Bonchev–Trinajstić information content (AvgIpc) is 3.00. The zero-order chi connectivity index (χ0) is 18.2. The Bertz CT molecular complexity index is 906. The summed E-state index contributed by atoms with van der Waals surface area (Å²) < 4.78 is 39.8. The summed E-state index contributed by atoms with van der Waals surface area (Å²) in [4.78, 5) is 15.7. The lowest BCUT2D eigenvalue weighted by atomic mass is 10.3. The van der Waals surface area contributed by atoms with Crippen LogP contribution >= 0.6 is 22.9 Å². The van der Waals surface area contributed by atoms with Crippen LogP contribution in [0.1, 0.15) is 14.5 Å². The van der Waals surface area contributed by atoms with Crippen LogP contribution in [0.3, 0.4) is 0 Å². The van der Waals surface area contributed by atoms with E-state index in [2.05, 4.69) is 0 Å². The Kier molecular flexibility index (Phi) is 5.15. The summed E-state index contributed by atoms with van der Waals surface area (Å²) >= 11 is 7.31.